The molecule has 1 aromatic carbocycles. The van der Waals surface area contributed by atoms with E-state index >= 15 is 0 Å². The first-order valence-corrected chi connectivity index (χ1v) is 9.95. The van der Waals surface area contributed by atoms with E-state index < -0.39 is 10.0 Å². The molecule has 0 unspecified atom stereocenters. The predicted molar refractivity (Wildman–Crippen MR) is 89.1 cm³/mol. The lowest BCUT2D eigenvalue weighted by molar-refractivity contribution is 0.577. The Morgan fingerprint density at radius 3 is 2.62 bits per heavy atom. The first-order valence-electron chi connectivity index (χ1n) is 7.24. The van der Waals surface area contributed by atoms with E-state index in [9.17, 15) is 8.42 Å². The highest BCUT2D eigenvalue weighted by Crippen LogP contribution is 2.46. The normalized spacial score (nSPS) is 17.1. The van der Waals surface area contributed by atoms with Gasteiger partial charge in [-0.1, -0.05) is 26.0 Å². The summed E-state index contributed by atoms with van der Waals surface area (Å²) in [7, 11) is -3.42. The highest BCUT2D eigenvalue weighted by Gasteiger charge is 2.42. The zero-order valence-electron chi connectivity index (χ0n) is 12.8. The van der Waals surface area contributed by atoms with Gasteiger partial charge in [0.1, 0.15) is 0 Å². The number of rotatable bonds is 8. The molecule has 0 spiro atoms. The molecule has 118 valence electrons. The van der Waals surface area contributed by atoms with E-state index in [1.54, 1.807) is 30.0 Å². The molecule has 0 radical (unpaired) electrons. The van der Waals surface area contributed by atoms with Crippen LogP contribution in [0, 0.1) is 0 Å². The zero-order chi connectivity index (χ0) is 15.5. The van der Waals surface area contributed by atoms with Gasteiger partial charge in [-0.3, -0.25) is 0 Å². The van der Waals surface area contributed by atoms with E-state index in [2.05, 4.69) is 23.9 Å². The van der Waals surface area contributed by atoms with Crippen molar-refractivity contribution in [2.75, 3.05) is 12.8 Å². The molecule has 0 saturated heterocycles. The van der Waals surface area contributed by atoms with Gasteiger partial charge in [0.25, 0.3) is 0 Å². The van der Waals surface area contributed by atoms with Gasteiger partial charge in [0, 0.05) is 23.9 Å². The summed E-state index contributed by atoms with van der Waals surface area (Å²) in [6, 6.07) is 7.52. The molecular formula is C15H24N2O2S2. The Bertz CT molecular complexity index is 581. The molecule has 2 N–H and O–H groups in total. The fraction of sp³-hybridized carbons (Fsp3) is 0.600. The lowest BCUT2D eigenvalue weighted by Crippen LogP contribution is -2.31. The Hall–Kier alpha value is -0.560. The van der Waals surface area contributed by atoms with Crippen LogP contribution in [0.5, 0.6) is 0 Å². The highest BCUT2D eigenvalue weighted by atomic mass is 32.2. The smallest absolute Gasteiger partial charge is 0.240 e. The summed E-state index contributed by atoms with van der Waals surface area (Å²) in [6.07, 6.45) is 4.23. The SMILES string of the molecule is CSC1(CNS(=O)(=O)c2cccc(CNC(C)C)c2)CC1. The number of hydrogen-bond acceptors (Lipinski definition) is 4. The number of nitrogens with one attached hydrogen (secondary N) is 2. The molecule has 21 heavy (non-hydrogen) atoms. The molecule has 2 rings (SSSR count). The molecule has 1 saturated carbocycles. The molecule has 0 aromatic heterocycles. The molecule has 0 bridgehead atoms. The number of sulfonamides is 1. The van der Waals surface area contributed by atoms with Crippen LogP contribution in [-0.4, -0.2) is 32.0 Å². The van der Waals surface area contributed by atoms with Crippen LogP contribution in [0.15, 0.2) is 29.2 Å². The molecule has 1 fully saturated rings. The second-order valence-corrected chi connectivity index (χ2v) is 8.94. The van der Waals surface area contributed by atoms with E-state index in [-0.39, 0.29) is 4.75 Å². The first-order chi connectivity index (χ1) is 9.87. The van der Waals surface area contributed by atoms with Crippen molar-refractivity contribution in [2.45, 2.75) is 48.9 Å². The molecule has 0 heterocycles. The summed E-state index contributed by atoms with van der Waals surface area (Å²) in [4.78, 5) is 0.349. The quantitative estimate of drug-likeness (QED) is 0.769. The van der Waals surface area contributed by atoms with Gasteiger partial charge in [0.15, 0.2) is 0 Å². The lowest BCUT2D eigenvalue weighted by atomic mass is 10.2. The van der Waals surface area contributed by atoms with E-state index in [1.807, 2.05) is 12.3 Å². The minimum atomic E-state index is -3.42. The minimum Gasteiger partial charge on any atom is -0.310 e. The van der Waals surface area contributed by atoms with Crippen LogP contribution in [0.3, 0.4) is 0 Å². The predicted octanol–water partition coefficient (Wildman–Crippen LogP) is 2.36. The van der Waals surface area contributed by atoms with Crippen LogP contribution >= 0.6 is 11.8 Å². The molecule has 0 aliphatic heterocycles. The van der Waals surface area contributed by atoms with E-state index in [1.165, 1.54) is 0 Å². The van der Waals surface area contributed by atoms with Gasteiger partial charge < -0.3 is 5.32 Å². The molecular weight excluding hydrogens is 304 g/mol. The summed E-state index contributed by atoms with van der Waals surface area (Å²) in [5.74, 6) is 0. The topological polar surface area (TPSA) is 58.2 Å². The Balaban J connectivity index is 2.03. The minimum absolute atomic E-state index is 0.129. The third-order valence-electron chi connectivity index (χ3n) is 3.75. The number of hydrogen-bond donors (Lipinski definition) is 2. The summed E-state index contributed by atoms with van der Waals surface area (Å²) < 4.78 is 27.6. The molecule has 1 aliphatic carbocycles. The Morgan fingerprint density at radius 2 is 2.05 bits per heavy atom. The van der Waals surface area contributed by atoms with Crippen LogP contribution in [0.1, 0.15) is 32.3 Å². The molecule has 6 heteroatoms. The maximum absolute atomic E-state index is 12.4. The van der Waals surface area contributed by atoms with Crippen molar-refractivity contribution in [3.63, 3.8) is 0 Å². The first kappa shape index (κ1) is 16.8. The van der Waals surface area contributed by atoms with Gasteiger partial charge in [-0.15, -0.1) is 0 Å². The van der Waals surface area contributed by atoms with Crippen LogP contribution in [0.4, 0.5) is 0 Å². The van der Waals surface area contributed by atoms with E-state index in [0.29, 0.717) is 24.0 Å². The fourth-order valence-corrected chi connectivity index (χ4v) is 4.06. The van der Waals surface area contributed by atoms with Crippen LogP contribution in [0.25, 0.3) is 0 Å². The average Bonchev–Trinajstić information content (AvgIpc) is 3.24. The molecule has 1 aromatic rings. The van der Waals surface area contributed by atoms with Crippen molar-refractivity contribution in [1.29, 1.82) is 0 Å². The van der Waals surface area contributed by atoms with Crippen molar-refractivity contribution in [3.8, 4) is 0 Å². The summed E-state index contributed by atoms with van der Waals surface area (Å²) >= 11 is 1.75. The summed E-state index contributed by atoms with van der Waals surface area (Å²) in [5.41, 5.74) is 0.984. The van der Waals surface area contributed by atoms with Crippen molar-refractivity contribution in [1.82, 2.24) is 10.0 Å². The number of thioether (sulfide) groups is 1. The Labute approximate surface area is 132 Å². The fourth-order valence-electron chi connectivity index (χ4n) is 2.05. The van der Waals surface area contributed by atoms with Crippen LogP contribution < -0.4 is 10.0 Å². The Kier molecular flexibility index (Phi) is 5.35. The van der Waals surface area contributed by atoms with E-state index in [0.717, 1.165) is 18.4 Å². The van der Waals surface area contributed by atoms with E-state index in [4.69, 9.17) is 0 Å². The standard InChI is InChI=1S/C15H24N2O2S2/c1-12(2)16-10-13-5-4-6-14(9-13)21(18,19)17-11-15(20-3)7-8-15/h4-6,9,12,16-17H,7-8,10-11H2,1-3H3. The second kappa shape index (κ2) is 6.69. The maximum atomic E-state index is 12.4. The van der Waals surface area contributed by atoms with Gasteiger partial charge >= 0.3 is 0 Å². The van der Waals surface area contributed by atoms with Crippen LogP contribution in [0.2, 0.25) is 0 Å². The van der Waals surface area contributed by atoms with Crippen molar-refractivity contribution in [2.24, 2.45) is 0 Å². The molecule has 0 amide bonds. The van der Waals surface area contributed by atoms with Crippen LogP contribution in [-0.2, 0) is 16.6 Å². The summed E-state index contributed by atoms with van der Waals surface area (Å²) in [6.45, 7) is 5.33. The number of benzene rings is 1. The monoisotopic (exact) mass is 328 g/mol. The Morgan fingerprint density at radius 1 is 1.33 bits per heavy atom. The van der Waals surface area contributed by atoms with Crippen molar-refractivity contribution >= 4 is 21.8 Å². The summed E-state index contributed by atoms with van der Waals surface area (Å²) in [5, 5.41) is 3.30. The van der Waals surface area contributed by atoms with Gasteiger partial charge in [0.2, 0.25) is 10.0 Å². The van der Waals surface area contributed by atoms with Crippen molar-refractivity contribution in [3.05, 3.63) is 29.8 Å². The lowest BCUT2D eigenvalue weighted by Gasteiger charge is -2.14. The zero-order valence-corrected chi connectivity index (χ0v) is 14.5. The third kappa shape index (κ3) is 4.71. The van der Waals surface area contributed by atoms with Gasteiger partial charge in [-0.05, 0) is 36.8 Å². The average molecular weight is 329 g/mol. The molecule has 1 aliphatic rings. The third-order valence-corrected chi connectivity index (χ3v) is 6.57. The molecule has 0 atom stereocenters. The van der Waals surface area contributed by atoms with Gasteiger partial charge in [-0.25, -0.2) is 13.1 Å². The van der Waals surface area contributed by atoms with Gasteiger partial charge in [-0.2, -0.15) is 11.8 Å². The highest BCUT2D eigenvalue weighted by molar-refractivity contribution is 8.00. The largest absolute Gasteiger partial charge is 0.310 e. The van der Waals surface area contributed by atoms with Gasteiger partial charge in [0.05, 0.1) is 4.90 Å². The van der Waals surface area contributed by atoms with Crippen molar-refractivity contribution < 1.29 is 8.42 Å². The second-order valence-electron chi connectivity index (χ2n) is 5.89. The molecule has 4 nitrogen and oxygen atoms in total. The maximum Gasteiger partial charge on any atom is 0.240 e.